The van der Waals surface area contributed by atoms with E-state index >= 15 is 0 Å². The maximum absolute atomic E-state index is 13.2. The van der Waals surface area contributed by atoms with Gasteiger partial charge in [0.05, 0.1) is 18.0 Å². The second-order valence-electron chi connectivity index (χ2n) is 3.02. The van der Waals surface area contributed by atoms with E-state index in [9.17, 15) is 9.18 Å². The van der Waals surface area contributed by atoms with Gasteiger partial charge in [-0.1, -0.05) is 0 Å². The van der Waals surface area contributed by atoms with Gasteiger partial charge in [-0.05, 0) is 28.1 Å². The monoisotopic (exact) mass is 296 g/mol. The van der Waals surface area contributed by atoms with Crippen LogP contribution in [-0.2, 0) is 0 Å². The van der Waals surface area contributed by atoms with E-state index in [0.29, 0.717) is 4.60 Å². The van der Waals surface area contributed by atoms with Crippen LogP contribution in [0.25, 0.3) is 0 Å². The second-order valence-corrected chi connectivity index (χ2v) is 3.83. The molecule has 2 aromatic rings. The lowest BCUT2D eigenvalue weighted by Crippen LogP contribution is -2.15. The summed E-state index contributed by atoms with van der Waals surface area (Å²) >= 11 is 3.11. The zero-order valence-electron chi connectivity index (χ0n) is 8.39. The largest absolute Gasteiger partial charge is 0.305 e. The van der Waals surface area contributed by atoms with Crippen molar-refractivity contribution in [3.63, 3.8) is 0 Å². The topological polar surface area (TPSA) is 67.8 Å². The number of carbonyl (C=O) groups excluding carboxylic acids is 1. The number of rotatable bonds is 2. The zero-order valence-corrected chi connectivity index (χ0v) is 9.98. The highest BCUT2D eigenvalue weighted by molar-refractivity contribution is 9.10. The molecule has 0 aliphatic heterocycles. The first-order valence-electron chi connectivity index (χ1n) is 4.56. The van der Waals surface area contributed by atoms with Gasteiger partial charge in [-0.3, -0.25) is 4.79 Å². The van der Waals surface area contributed by atoms with E-state index in [1.54, 1.807) is 0 Å². The molecule has 1 amide bonds. The molecule has 2 rings (SSSR count). The molecule has 0 aliphatic rings. The Morgan fingerprint density at radius 2 is 2.12 bits per heavy atom. The van der Waals surface area contributed by atoms with E-state index in [1.807, 2.05) is 0 Å². The fourth-order valence-corrected chi connectivity index (χ4v) is 1.32. The SMILES string of the molecule is O=C(Nc1cnc(Br)cn1)c1cccnc1F. The fourth-order valence-electron chi connectivity index (χ4n) is 1.12. The molecule has 0 aromatic carbocycles. The Hall–Kier alpha value is -1.89. The van der Waals surface area contributed by atoms with Crippen LogP contribution in [-0.4, -0.2) is 20.9 Å². The minimum absolute atomic E-state index is 0.141. The smallest absolute Gasteiger partial charge is 0.261 e. The lowest BCUT2D eigenvalue weighted by atomic mass is 10.2. The number of pyridine rings is 1. The van der Waals surface area contributed by atoms with E-state index in [4.69, 9.17) is 0 Å². The highest BCUT2D eigenvalue weighted by atomic mass is 79.9. The van der Waals surface area contributed by atoms with Gasteiger partial charge in [-0.2, -0.15) is 4.39 Å². The number of aromatic nitrogens is 3. The summed E-state index contributed by atoms with van der Waals surface area (Å²) in [7, 11) is 0. The molecule has 86 valence electrons. The first kappa shape index (κ1) is 11.6. The summed E-state index contributed by atoms with van der Waals surface area (Å²) in [5.74, 6) is -1.20. The van der Waals surface area contributed by atoms with Gasteiger partial charge >= 0.3 is 0 Å². The third kappa shape index (κ3) is 2.82. The minimum Gasteiger partial charge on any atom is -0.305 e. The Balaban J connectivity index is 2.17. The molecule has 0 unspecified atom stereocenters. The lowest BCUT2D eigenvalue weighted by Gasteiger charge is -2.03. The number of nitrogens with one attached hydrogen (secondary N) is 1. The molecule has 0 saturated heterocycles. The average molecular weight is 297 g/mol. The molecule has 0 aliphatic carbocycles. The van der Waals surface area contributed by atoms with Crippen molar-refractivity contribution < 1.29 is 9.18 Å². The first-order valence-corrected chi connectivity index (χ1v) is 5.35. The van der Waals surface area contributed by atoms with Gasteiger partial charge in [0.1, 0.15) is 4.60 Å². The van der Waals surface area contributed by atoms with E-state index in [-0.39, 0.29) is 11.4 Å². The van der Waals surface area contributed by atoms with E-state index < -0.39 is 11.9 Å². The van der Waals surface area contributed by atoms with Crippen molar-refractivity contribution in [2.45, 2.75) is 0 Å². The van der Waals surface area contributed by atoms with Crippen LogP contribution in [0.1, 0.15) is 10.4 Å². The number of anilines is 1. The Morgan fingerprint density at radius 1 is 1.29 bits per heavy atom. The van der Waals surface area contributed by atoms with Gasteiger partial charge in [-0.15, -0.1) is 0 Å². The number of halogens is 2. The molecule has 0 atom stereocenters. The summed E-state index contributed by atoms with van der Waals surface area (Å²) in [6.45, 7) is 0. The van der Waals surface area contributed by atoms with Gasteiger partial charge in [0.25, 0.3) is 5.91 Å². The van der Waals surface area contributed by atoms with Crippen LogP contribution in [0.2, 0.25) is 0 Å². The predicted octanol–water partition coefficient (Wildman–Crippen LogP) is 2.03. The summed E-state index contributed by atoms with van der Waals surface area (Å²) in [4.78, 5) is 22.8. The maximum atomic E-state index is 13.2. The first-order chi connectivity index (χ1) is 8.16. The molecule has 2 aromatic heterocycles. The molecule has 0 bridgehead atoms. The van der Waals surface area contributed by atoms with E-state index in [2.05, 4.69) is 36.2 Å². The van der Waals surface area contributed by atoms with Crippen molar-refractivity contribution in [3.8, 4) is 0 Å². The summed E-state index contributed by atoms with van der Waals surface area (Å²) in [5.41, 5.74) is -0.141. The third-order valence-electron chi connectivity index (χ3n) is 1.87. The Labute approximate surface area is 104 Å². The lowest BCUT2D eigenvalue weighted by molar-refractivity contribution is 0.102. The van der Waals surface area contributed by atoms with Crippen molar-refractivity contribution in [2.75, 3.05) is 5.32 Å². The molecule has 7 heteroatoms. The van der Waals surface area contributed by atoms with Crippen LogP contribution in [0.4, 0.5) is 10.2 Å². The van der Waals surface area contributed by atoms with Gasteiger partial charge < -0.3 is 5.32 Å². The molecule has 2 heterocycles. The number of carbonyl (C=O) groups is 1. The molecule has 0 radical (unpaired) electrons. The van der Waals surface area contributed by atoms with Gasteiger partial charge in [0, 0.05) is 6.20 Å². The highest BCUT2D eigenvalue weighted by Crippen LogP contribution is 2.09. The highest BCUT2D eigenvalue weighted by Gasteiger charge is 2.12. The Bertz CT molecular complexity index is 546. The molecule has 5 nitrogen and oxygen atoms in total. The molecule has 0 spiro atoms. The van der Waals surface area contributed by atoms with Crippen LogP contribution >= 0.6 is 15.9 Å². The number of hydrogen-bond donors (Lipinski definition) is 1. The molecule has 17 heavy (non-hydrogen) atoms. The molecule has 1 N–H and O–H groups in total. The van der Waals surface area contributed by atoms with Crippen molar-refractivity contribution in [2.24, 2.45) is 0 Å². The predicted molar refractivity (Wildman–Crippen MR) is 61.9 cm³/mol. The summed E-state index contributed by atoms with van der Waals surface area (Å²) in [6.07, 6.45) is 4.05. The van der Waals surface area contributed by atoms with Crippen LogP contribution in [0.15, 0.2) is 35.3 Å². The number of amides is 1. The van der Waals surface area contributed by atoms with Gasteiger partial charge in [-0.25, -0.2) is 15.0 Å². The van der Waals surface area contributed by atoms with Crippen molar-refractivity contribution in [3.05, 3.63) is 46.8 Å². The molecule has 0 fully saturated rings. The van der Waals surface area contributed by atoms with Gasteiger partial charge in [0.15, 0.2) is 5.82 Å². The van der Waals surface area contributed by atoms with Crippen LogP contribution in [0, 0.1) is 5.95 Å². The van der Waals surface area contributed by atoms with Crippen molar-refractivity contribution in [1.82, 2.24) is 15.0 Å². The summed E-state index contributed by atoms with van der Waals surface area (Å²) in [6, 6.07) is 2.81. The second kappa shape index (κ2) is 4.96. The zero-order chi connectivity index (χ0) is 12.3. The van der Waals surface area contributed by atoms with Crippen molar-refractivity contribution in [1.29, 1.82) is 0 Å². The summed E-state index contributed by atoms with van der Waals surface area (Å²) < 4.78 is 13.7. The van der Waals surface area contributed by atoms with Crippen LogP contribution in [0.5, 0.6) is 0 Å². The van der Waals surface area contributed by atoms with Crippen molar-refractivity contribution >= 4 is 27.7 Å². The summed E-state index contributed by atoms with van der Waals surface area (Å²) in [5, 5.41) is 2.41. The molecular weight excluding hydrogens is 291 g/mol. The number of nitrogens with zero attached hydrogens (tertiary/aromatic N) is 3. The fraction of sp³-hybridized carbons (Fsp3) is 0. The number of hydrogen-bond acceptors (Lipinski definition) is 4. The van der Waals surface area contributed by atoms with Crippen LogP contribution < -0.4 is 5.32 Å². The quantitative estimate of drug-likeness (QED) is 0.861. The normalized spacial score (nSPS) is 10.0. The maximum Gasteiger partial charge on any atom is 0.261 e. The average Bonchev–Trinajstić information content (AvgIpc) is 2.32. The minimum atomic E-state index is -0.824. The third-order valence-corrected chi connectivity index (χ3v) is 2.28. The van der Waals surface area contributed by atoms with Crippen LogP contribution in [0.3, 0.4) is 0 Å². The Morgan fingerprint density at radius 3 is 2.76 bits per heavy atom. The Kier molecular flexibility index (Phi) is 3.38. The molecular formula is C10H6BrFN4O. The molecule has 0 saturated carbocycles. The van der Waals surface area contributed by atoms with E-state index in [0.717, 1.165) is 0 Å². The standard InChI is InChI=1S/C10H6BrFN4O/c11-7-4-15-8(5-14-7)16-10(17)6-2-1-3-13-9(6)12/h1-5H,(H,15,16,17). The van der Waals surface area contributed by atoms with E-state index in [1.165, 1.54) is 30.7 Å². The van der Waals surface area contributed by atoms with Gasteiger partial charge in [0.2, 0.25) is 5.95 Å².